The smallest absolute Gasteiger partial charge is 0.263 e. The Morgan fingerprint density at radius 2 is 1.54 bits per heavy atom. The minimum absolute atomic E-state index is 0.168. The zero-order chi connectivity index (χ0) is 18.7. The molecular weight excluding hydrogens is 416 g/mol. The van der Waals surface area contributed by atoms with Gasteiger partial charge in [0.2, 0.25) is 0 Å². The molecule has 0 atom stereocenters. The molecule has 0 saturated carbocycles. The molecule has 0 amide bonds. The Labute approximate surface area is 161 Å². The molecule has 0 fully saturated rings. The van der Waals surface area contributed by atoms with E-state index < -0.39 is 10.0 Å². The number of rotatable bonds is 6. The number of aromatic nitrogens is 2. The van der Waals surface area contributed by atoms with Crippen molar-refractivity contribution in [2.75, 3.05) is 22.7 Å². The van der Waals surface area contributed by atoms with E-state index in [0.29, 0.717) is 24.4 Å². The van der Waals surface area contributed by atoms with E-state index in [1.54, 1.807) is 12.1 Å². The zero-order valence-corrected chi connectivity index (χ0v) is 16.9. The molecule has 3 rings (SSSR count). The number of para-hydroxylation sites is 2. The molecule has 0 radical (unpaired) electrons. The fourth-order valence-corrected chi connectivity index (χ4v) is 3.87. The van der Waals surface area contributed by atoms with Gasteiger partial charge in [-0.2, -0.15) is 0 Å². The van der Waals surface area contributed by atoms with Crippen LogP contribution in [0.25, 0.3) is 11.0 Å². The van der Waals surface area contributed by atoms with Gasteiger partial charge in [-0.05, 0) is 50.2 Å². The number of hydrogen-bond acceptors (Lipinski definition) is 5. The molecule has 26 heavy (non-hydrogen) atoms. The molecule has 1 N–H and O–H groups in total. The van der Waals surface area contributed by atoms with E-state index in [4.69, 9.17) is 0 Å². The Morgan fingerprint density at radius 3 is 2.12 bits per heavy atom. The summed E-state index contributed by atoms with van der Waals surface area (Å²) in [6.07, 6.45) is 0. The molecule has 0 aliphatic carbocycles. The van der Waals surface area contributed by atoms with Gasteiger partial charge in [0, 0.05) is 17.6 Å². The van der Waals surface area contributed by atoms with Gasteiger partial charge in [-0.1, -0.05) is 28.1 Å². The fourth-order valence-electron chi connectivity index (χ4n) is 2.60. The summed E-state index contributed by atoms with van der Waals surface area (Å²) in [6, 6.07) is 13.9. The minimum atomic E-state index is -3.77. The molecule has 0 unspecified atom stereocenters. The summed E-state index contributed by atoms with van der Waals surface area (Å²) in [5, 5.41) is 0. The van der Waals surface area contributed by atoms with Crippen LogP contribution in [0.2, 0.25) is 0 Å². The van der Waals surface area contributed by atoms with Crippen molar-refractivity contribution in [2.24, 2.45) is 0 Å². The Hall–Kier alpha value is -2.19. The number of hydrogen-bond donors (Lipinski definition) is 1. The van der Waals surface area contributed by atoms with E-state index in [-0.39, 0.29) is 10.7 Å². The van der Waals surface area contributed by atoms with Crippen LogP contribution in [0.1, 0.15) is 13.8 Å². The molecule has 1 heterocycles. The third kappa shape index (κ3) is 3.81. The lowest BCUT2D eigenvalue weighted by Crippen LogP contribution is -2.26. The first-order valence-electron chi connectivity index (χ1n) is 8.24. The van der Waals surface area contributed by atoms with E-state index in [9.17, 15) is 8.42 Å². The minimum Gasteiger partial charge on any atom is -0.354 e. The first-order valence-corrected chi connectivity index (χ1v) is 10.5. The van der Waals surface area contributed by atoms with Crippen LogP contribution in [-0.2, 0) is 10.0 Å². The largest absolute Gasteiger partial charge is 0.354 e. The van der Waals surface area contributed by atoms with Crippen LogP contribution in [-0.4, -0.2) is 31.5 Å². The predicted octanol–water partition coefficient (Wildman–Crippen LogP) is 4.04. The average molecular weight is 435 g/mol. The summed E-state index contributed by atoms with van der Waals surface area (Å²) < 4.78 is 29.0. The summed E-state index contributed by atoms with van der Waals surface area (Å²) >= 11 is 3.31. The SMILES string of the molecule is CCN(CC)c1nc2ccccc2nc1NS(=O)(=O)c1ccc(Br)cc1. The molecule has 6 nitrogen and oxygen atoms in total. The van der Waals surface area contributed by atoms with Gasteiger partial charge >= 0.3 is 0 Å². The Morgan fingerprint density at radius 1 is 0.962 bits per heavy atom. The normalized spacial score (nSPS) is 11.5. The van der Waals surface area contributed by atoms with E-state index in [1.807, 2.05) is 43.0 Å². The van der Waals surface area contributed by atoms with Gasteiger partial charge < -0.3 is 4.90 Å². The van der Waals surface area contributed by atoms with E-state index in [2.05, 4.69) is 30.6 Å². The van der Waals surface area contributed by atoms with Crippen LogP contribution in [0, 0.1) is 0 Å². The second kappa shape index (κ2) is 7.59. The summed E-state index contributed by atoms with van der Waals surface area (Å²) in [5.74, 6) is 0.754. The Bertz CT molecular complexity index is 1020. The highest BCUT2D eigenvalue weighted by Gasteiger charge is 2.20. The van der Waals surface area contributed by atoms with Gasteiger partial charge in [-0.15, -0.1) is 0 Å². The highest BCUT2D eigenvalue weighted by atomic mass is 79.9. The summed E-state index contributed by atoms with van der Waals surface area (Å²) in [4.78, 5) is 11.3. The first kappa shape index (κ1) is 18.6. The molecule has 0 bridgehead atoms. The van der Waals surface area contributed by atoms with Crippen LogP contribution >= 0.6 is 15.9 Å². The van der Waals surface area contributed by atoms with Crippen LogP contribution in [0.4, 0.5) is 11.6 Å². The number of benzene rings is 2. The van der Waals surface area contributed by atoms with Crippen molar-refractivity contribution in [1.82, 2.24) is 9.97 Å². The van der Waals surface area contributed by atoms with Crippen molar-refractivity contribution in [3.63, 3.8) is 0 Å². The topological polar surface area (TPSA) is 75.2 Å². The number of halogens is 1. The highest BCUT2D eigenvalue weighted by Crippen LogP contribution is 2.27. The molecule has 0 spiro atoms. The highest BCUT2D eigenvalue weighted by molar-refractivity contribution is 9.10. The Kier molecular flexibility index (Phi) is 5.43. The van der Waals surface area contributed by atoms with Crippen LogP contribution < -0.4 is 9.62 Å². The number of nitrogens with zero attached hydrogens (tertiary/aromatic N) is 3. The zero-order valence-electron chi connectivity index (χ0n) is 14.5. The molecule has 3 aromatic rings. The van der Waals surface area contributed by atoms with E-state index in [1.165, 1.54) is 12.1 Å². The number of fused-ring (bicyclic) bond motifs is 1. The van der Waals surface area contributed by atoms with E-state index in [0.717, 1.165) is 9.99 Å². The molecule has 0 aliphatic heterocycles. The lowest BCUT2D eigenvalue weighted by atomic mass is 10.3. The van der Waals surface area contributed by atoms with Gasteiger partial charge in [0.15, 0.2) is 11.6 Å². The van der Waals surface area contributed by atoms with Gasteiger partial charge in [-0.3, -0.25) is 4.72 Å². The molecule has 136 valence electrons. The maximum Gasteiger partial charge on any atom is 0.263 e. The predicted molar refractivity (Wildman–Crippen MR) is 108 cm³/mol. The van der Waals surface area contributed by atoms with Crippen LogP contribution in [0.15, 0.2) is 57.9 Å². The quantitative estimate of drug-likeness (QED) is 0.633. The molecule has 2 aromatic carbocycles. The maximum absolute atomic E-state index is 12.8. The third-order valence-electron chi connectivity index (χ3n) is 3.97. The van der Waals surface area contributed by atoms with Gasteiger partial charge in [0.05, 0.1) is 15.9 Å². The second-order valence-corrected chi connectivity index (χ2v) is 8.21. The maximum atomic E-state index is 12.8. The van der Waals surface area contributed by atoms with Gasteiger partial charge in [0.25, 0.3) is 10.0 Å². The van der Waals surface area contributed by atoms with Gasteiger partial charge in [0.1, 0.15) is 0 Å². The fraction of sp³-hybridized carbons (Fsp3) is 0.222. The van der Waals surface area contributed by atoms with Crippen molar-refractivity contribution in [3.8, 4) is 0 Å². The van der Waals surface area contributed by atoms with Crippen LogP contribution in [0.5, 0.6) is 0 Å². The summed E-state index contributed by atoms with van der Waals surface area (Å²) in [7, 11) is -3.77. The molecular formula is C18H19BrN4O2S. The molecule has 1 aromatic heterocycles. The lowest BCUT2D eigenvalue weighted by Gasteiger charge is -2.23. The van der Waals surface area contributed by atoms with Crippen molar-refractivity contribution >= 4 is 48.6 Å². The first-order chi connectivity index (χ1) is 12.4. The number of anilines is 2. The van der Waals surface area contributed by atoms with Crippen LogP contribution in [0.3, 0.4) is 0 Å². The molecule has 0 aliphatic rings. The summed E-state index contributed by atoms with van der Waals surface area (Å²) in [6.45, 7) is 5.37. The third-order valence-corrected chi connectivity index (χ3v) is 5.85. The van der Waals surface area contributed by atoms with Crippen molar-refractivity contribution in [2.45, 2.75) is 18.7 Å². The van der Waals surface area contributed by atoms with Gasteiger partial charge in [-0.25, -0.2) is 18.4 Å². The van der Waals surface area contributed by atoms with Crippen molar-refractivity contribution in [3.05, 3.63) is 53.0 Å². The Balaban J connectivity index is 2.10. The van der Waals surface area contributed by atoms with E-state index >= 15 is 0 Å². The number of sulfonamides is 1. The molecule has 0 saturated heterocycles. The second-order valence-electron chi connectivity index (χ2n) is 5.62. The van der Waals surface area contributed by atoms with Crippen molar-refractivity contribution < 1.29 is 8.42 Å². The monoisotopic (exact) mass is 434 g/mol. The molecule has 8 heteroatoms. The standard InChI is InChI=1S/C18H19BrN4O2S/c1-3-23(4-2)18-17(20-15-7-5-6-8-16(15)21-18)22-26(24,25)14-11-9-13(19)10-12-14/h5-12H,3-4H2,1-2H3,(H,20,22). The average Bonchev–Trinajstić information content (AvgIpc) is 2.63. The summed E-state index contributed by atoms with van der Waals surface area (Å²) in [5.41, 5.74) is 1.36. The number of nitrogens with one attached hydrogen (secondary N) is 1. The lowest BCUT2D eigenvalue weighted by molar-refractivity contribution is 0.601. The van der Waals surface area contributed by atoms with Crippen molar-refractivity contribution in [1.29, 1.82) is 0 Å².